The molecule has 0 saturated heterocycles. The Kier molecular flexibility index (Phi) is 5.62. The minimum atomic E-state index is 0.0108. The lowest BCUT2D eigenvalue weighted by Crippen LogP contribution is -2.25. The third-order valence-electron chi connectivity index (χ3n) is 3.93. The van der Waals surface area contributed by atoms with Crippen LogP contribution in [0.2, 0.25) is 5.02 Å². The van der Waals surface area contributed by atoms with Gasteiger partial charge in [-0.3, -0.25) is 4.79 Å². The second kappa shape index (κ2) is 7.46. The fourth-order valence-corrected chi connectivity index (χ4v) is 2.57. The molecule has 2 aromatic rings. The van der Waals surface area contributed by atoms with Crippen LogP contribution >= 0.6 is 11.6 Å². The summed E-state index contributed by atoms with van der Waals surface area (Å²) in [6.45, 7) is 6.76. The fraction of sp³-hybridized carbons (Fsp3) is 0.316. The van der Waals surface area contributed by atoms with Crippen LogP contribution in [0.4, 0.5) is 0 Å². The number of carbonyl (C=O) groups is 1. The van der Waals surface area contributed by atoms with Crippen LogP contribution < -0.4 is 5.32 Å². The highest BCUT2D eigenvalue weighted by Gasteiger charge is 2.09. The smallest absolute Gasteiger partial charge is 0.251 e. The van der Waals surface area contributed by atoms with E-state index in [9.17, 15) is 4.79 Å². The van der Waals surface area contributed by atoms with Crippen LogP contribution in [-0.2, 0) is 6.42 Å². The Morgan fingerprint density at radius 2 is 1.64 bits per heavy atom. The Bertz CT molecular complexity index is 662. The summed E-state index contributed by atoms with van der Waals surface area (Å²) in [6.07, 6.45) is 1.85. The molecule has 0 bridgehead atoms. The first-order chi connectivity index (χ1) is 10.5. The third kappa shape index (κ3) is 4.35. The van der Waals surface area contributed by atoms with Gasteiger partial charge in [0.1, 0.15) is 0 Å². The monoisotopic (exact) mass is 315 g/mol. The van der Waals surface area contributed by atoms with Gasteiger partial charge in [-0.15, -0.1) is 0 Å². The van der Waals surface area contributed by atoms with Gasteiger partial charge in [-0.1, -0.05) is 29.8 Å². The molecule has 0 aromatic heterocycles. The van der Waals surface area contributed by atoms with Gasteiger partial charge >= 0.3 is 0 Å². The summed E-state index contributed by atoms with van der Waals surface area (Å²) >= 11 is 5.86. The molecule has 116 valence electrons. The Morgan fingerprint density at radius 1 is 1.00 bits per heavy atom. The lowest BCUT2D eigenvalue weighted by Gasteiger charge is -2.10. The van der Waals surface area contributed by atoms with Crippen molar-refractivity contribution in [2.45, 2.75) is 33.6 Å². The summed E-state index contributed by atoms with van der Waals surface area (Å²) < 4.78 is 0. The van der Waals surface area contributed by atoms with Gasteiger partial charge < -0.3 is 5.32 Å². The average Bonchev–Trinajstić information content (AvgIpc) is 2.49. The Hall–Kier alpha value is -1.80. The highest BCUT2D eigenvalue weighted by Crippen LogP contribution is 2.15. The minimum Gasteiger partial charge on any atom is -0.352 e. The lowest BCUT2D eigenvalue weighted by atomic mass is 10.0. The minimum absolute atomic E-state index is 0.0108. The molecule has 0 aliphatic heterocycles. The highest BCUT2D eigenvalue weighted by molar-refractivity contribution is 6.30. The second-order valence-electron chi connectivity index (χ2n) is 5.74. The van der Waals surface area contributed by atoms with Crippen LogP contribution in [0.1, 0.15) is 39.0 Å². The van der Waals surface area contributed by atoms with E-state index < -0.39 is 0 Å². The van der Waals surface area contributed by atoms with Gasteiger partial charge in [-0.25, -0.2) is 0 Å². The number of aryl methyl sites for hydroxylation is 4. The van der Waals surface area contributed by atoms with Gasteiger partial charge in [-0.05, 0) is 74.1 Å². The van der Waals surface area contributed by atoms with Crippen LogP contribution in [0.25, 0.3) is 0 Å². The van der Waals surface area contributed by atoms with Gasteiger partial charge in [0, 0.05) is 17.1 Å². The molecule has 22 heavy (non-hydrogen) atoms. The van der Waals surface area contributed by atoms with Crippen LogP contribution in [0.5, 0.6) is 0 Å². The normalized spacial score (nSPS) is 10.5. The molecule has 1 N–H and O–H groups in total. The third-order valence-corrected chi connectivity index (χ3v) is 4.18. The van der Waals surface area contributed by atoms with Crippen molar-refractivity contribution in [1.29, 1.82) is 0 Å². The SMILES string of the molecule is Cc1cc(C)c(C(=O)NCCCc2ccc(Cl)cc2)cc1C. The van der Waals surface area contributed by atoms with E-state index in [-0.39, 0.29) is 5.91 Å². The molecule has 1 amide bonds. The molecular weight excluding hydrogens is 294 g/mol. The molecule has 0 saturated carbocycles. The van der Waals surface area contributed by atoms with Gasteiger partial charge in [-0.2, -0.15) is 0 Å². The van der Waals surface area contributed by atoms with Gasteiger partial charge in [0.15, 0.2) is 0 Å². The average molecular weight is 316 g/mol. The van der Waals surface area contributed by atoms with E-state index >= 15 is 0 Å². The molecule has 0 spiro atoms. The molecule has 0 fully saturated rings. The first kappa shape index (κ1) is 16.6. The van der Waals surface area contributed by atoms with Crippen molar-refractivity contribution in [3.8, 4) is 0 Å². The van der Waals surface area contributed by atoms with Crippen molar-refractivity contribution in [3.63, 3.8) is 0 Å². The van der Waals surface area contributed by atoms with E-state index in [0.29, 0.717) is 6.54 Å². The highest BCUT2D eigenvalue weighted by atomic mass is 35.5. The Balaban J connectivity index is 1.85. The number of rotatable bonds is 5. The zero-order valence-corrected chi connectivity index (χ0v) is 14.1. The number of nitrogens with one attached hydrogen (secondary N) is 1. The van der Waals surface area contributed by atoms with E-state index in [1.807, 2.05) is 44.2 Å². The fourth-order valence-electron chi connectivity index (χ4n) is 2.45. The molecule has 0 atom stereocenters. The first-order valence-electron chi connectivity index (χ1n) is 7.58. The van der Waals surface area contributed by atoms with Crippen LogP contribution in [0.15, 0.2) is 36.4 Å². The Labute approximate surface area is 137 Å². The van der Waals surface area contributed by atoms with Crippen LogP contribution in [0.3, 0.4) is 0 Å². The molecule has 2 rings (SSSR count). The molecule has 3 heteroatoms. The number of hydrogen-bond donors (Lipinski definition) is 1. The standard InChI is InChI=1S/C19H22ClNO/c1-13-11-15(3)18(12-14(13)2)19(22)21-10-4-5-16-6-8-17(20)9-7-16/h6-9,11-12H,4-5,10H2,1-3H3,(H,21,22). The molecule has 0 aliphatic rings. The van der Waals surface area contributed by atoms with Crippen LogP contribution in [-0.4, -0.2) is 12.5 Å². The summed E-state index contributed by atoms with van der Waals surface area (Å²) in [5, 5.41) is 3.76. The largest absolute Gasteiger partial charge is 0.352 e. The maximum absolute atomic E-state index is 12.3. The van der Waals surface area contributed by atoms with Crippen molar-refractivity contribution in [2.24, 2.45) is 0 Å². The van der Waals surface area contributed by atoms with Crippen molar-refractivity contribution >= 4 is 17.5 Å². The predicted octanol–water partition coefficient (Wildman–Crippen LogP) is 4.63. The predicted molar refractivity (Wildman–Crippen MR) is 92.8 cm³/mol. The first-order valence-corrected chi connectivity index (χ1v) is 7.95. The van der Waals surface area contributed by atoms with E-state index in [1.54, 1.807) is 0 Å². The second-order valence-corrected chi connectivity index (χ2v) is 6.17. The summed E-state index contributed by atoms with van der Waals surface area (Å²) in [6, 6.07) is 11.9. The zero-order valence-electron chi connectivity index (χ0n) is 13.4. The summed E-state index contributed by atoms with van der Waals surface area (Å²) in [5.41, 5.74) is 5.41. The lowest BCUT2D eigenvalue weighted by molar-refractivity contribution is 0.0952. The quantitative estimate of drug-likeness (QED) is 0.801. The number of carbonyl (C=O) groups excluding carboxylic acids is 1. The topological polar surface area (TPSA) is 29.1 Å². The molecule has 0 heterocycles. The van der Waals surface area contributed by atoms with Gasteiger partial charge in [0.25, 0.3) is 5.91 Å². The molecule has 0 aliphatic carbocycles. The van der Waals surface area contributed by atoms with Crippen molar-refractivity contribution in [3.05, 3.63) is 69.2 Å². The van der Waals surface area contributed by atoms with E-state index in [1.165, 1.54) is 11.1 Å². The van der Waals surface area contributed by atoms with Gasteiger partial charge in [0.2, 0.25) is 0 Å². The summed E-state index contributed by atoms with van der Waals surface area (Å²) in [7, 11) is 0. The van der Waals surface area contributed by atoms with E-state index in [2.05, 4.69) is 18.3 Å². The van der Waals surface area contributed by atoms with E-state index in [4.69, 9.17) is 11.6 Å². The number of hydrogen-bond acceptors (Lipinski definition) is 1. The summed E-state index contributed by atoms with van der Waals surface area (Å²) in [5.74, 6) is 0.0108. The molecular formula is C19H22ClNO. The molecule has 0 unspecified atom stereocenters. The van der Waals surface area contributed by atoms with Crippen molar-refractivity contribution in [2.75, 3.05) is 6.54 Å². The maximum atomic E-state index is 12.3. The molecule has 0 radical (unpaired) electrons. The summed E-state index contributed by atoms with van der Waals surface area (Å²) in [4.78, 5) is 12.3. The van der Waals surface area contributed by atoms with Gasteiger partial charge in [0.05, 0.1) is 0 Å². The Morgan fingerprint density at radius 3 is 2.32 bits per heavy atom. The maximum Gasteiger partial charge on any atom is 0.251 e. The van der Waals surface area contributed by atoms with Crippen molar-refractivity contribution < 1.29 is 4.79 Å². The molecule has 2 aromatic carbocycles. The van der Waals surface area contributed by atoms with Crippen LogP contribution in [0, 0.1) is 20.8 Å². The number of halogens is 1. The molecule has 2 nitrogen and oxygen atoms in total. The zero-order chi connectivity index (χ0) is 16.1. The number of amides is 1. The van der Waals surface area contributed by atoms with E-state index in [0.717, 1.165) is 34.6 Å². The van der Waals surface area contributed by atoms with Crippen molar-refractivity contribution in [1.82, 2.24) is 5.32 Å². The number of benzene rings is 2.